The lowest BCUT2D eigenvalue weighted by Gasteiger charge is -2.30. The zero-order valence-corrected chi connectivity index (χ0v) is 15.6. The molecule has 3 rings (SSSR count). The van der Waals surface area contributed by atoms with Crippen molar-refractivity contribution in [2.75, 3.05) is 18.5 Å². The molecule has 1 aliphatic rings. The number of nitrogens with zero attached hydrogens (tertiary/aromatic N) is 2. The van der Waals surface area contributed by atoms with Crippen LogP contribution < -0.4 is 15.6 Å². The molecule has 9 nitrogen and oxygen atoms in total. The molecule has 2 aromatic rings. The summed E-state index contributed by atoms with van der Waals surface area (Å²) >= 11 is 3.32. The second-order valence-corrected chi connectivity index (χ2v) is 6.78. The number of anilines is 1. The summed E-state index contributed by atoms with van der Waals surface area (Å²) in [6.45, 7) is 0.727. The van der Waals surface area contributed by atoms with Gasteiger partial charge in [-0.1, -0.05) is 20.6 Å². The summed E-state index contributed by atoms with van der Waals surface area (Å²) in [5.41, 5.74) is 0.421. The Hall–Kier alpha value is -2.46. The Morgan fingerprint density at radius 3 is 2.77 bits per heavy atom. The van der Waals surface area contributed by atoms with Crippen LogP contribution in [0.1, 0.15) is 12.1 Å². The lowest BCUT2D eigenvalue weighted by molar-refractivity contribution is -0.746. The second-order valence-electron chi connectivity index (χ2n) is 5.86. The topological polar surface area (TPSA) is 109 Å². The fraction of sp³-hybridized carbons (Fsp3) is 0.375. The smallest absolute Gasteiger partial charge is 0.366 e. The van der Waals surface area contributed by atoms with Crippen molar-refractivity contribution in [3.05, 3.63) is 44.9 Å². The van der Waals surface area contributed by atoms with Crippen molar-refractivity contribution < 1.29 is 23.5 Å². The Bertz CT molecular complexity index is 860. The van der Waals surface area contributed by atoms with E-state index < -0.39 is 11.7 Å². The van der Waals surface area contributed by atoms with Crippen LogP contribution in [0, 0.1) is 0 Å². The number of benzene rings is 1. The minimum absolute atomic E-state index is 0.0926. The van der Waals surface area contributed by atoms with Crippen LogP contribution in [0.2, 0.25) is 0 Å². The molecule has 1 unspecified atom stereocenters. The molecule has 1 aromatic heterocycles. The van der Waals surface area contributed by atoms with E-state index in [0.29, 0.717) is 24.5 Å². The molecule has 2 heterocycles. The van der Waals surface area contributed by atoms with Crippen LogP contribution in [0.25, 0.3) is 0 Å². The number of ether oxygens (including phenoxy) is 1. The number of aromatic amines is 1. The van der Waals surface area contributed by atoms with E-state index in [1.807, 2.05) is 12.1 Å². The Kier molecular flexibility index (Phi) is 5.52. The molecule has 2 amide bonds. The van der Waals surface area contributed by atoms with E-state index in [0.717, 1.165) is 4.47 Å². The third-order valence-corrected chi connectivity index (χ3v) is 4.55. The van der Waals surface area contributed by atoms with Gasteiger partial charge in [0.25, 0.3) is 5.91 Å². The van der Waals surface area contributed by atoms with E-state index in [-0.39, 0.29) is 24.8 Å². The molecule has 1 atom stereocenters. The van der Waals surface area contributed by atoms with Gasteiger partial charge in [-0.15, -0.1) is 0 Å². The summed E-state index contributed by atoms with van der Waals surface area (Å²) < 4.78 is 12.5. The first-order valence-corrected chi connectivity index (χ1v) is 8.75. The number of aryl methyl sites for hydroxylation is 1. The first-order chi connectivity index (χ1) is 12.4. The molecule has 1 fully saturated rings. The standard InChI is InChI=1S/C16H17BrN4O5/c1-20-12(16(24)26-19-20)9-21-6-7-25-13(15(21)23)8-14(22)18-11-4-2-10(17)3-5-11/h2-5,13H,6-9H2,1H3,(H-,18,19,22,24)/p+1. The minimum Gasteiger partial charge on any atom is -0.366 e. The Balaban J connectivity index is 1.61. The van der Waals surface area contributed by atoms with Gasteiger partial charge in [0, 0.05) is 16.7 Å². The van der Waals surface area contributed by atoms with Gasteiger partial charge < -0.3 is 15.0 Å². The third kappa shape index (κ3) is 4.20. The van der Waals surface area contributed by atoms with Crippen molar-refractivity contribution in [2.24, 2.45) is 7.05 Å². The monoisotopic (exact) mass is 425 g/mol. The molecule has 0 bridgehead atoms. The van der Waals surface area contributed by atoms with Crippen molar-refractivity contribution in [3.63, 3.8) is 0 Å². The number of nitrogens with one attached hydrogen (secondary N) is 2. The van der Waals surface area contributed by atoms with Crippen LogP contribution in [-0.2, 0) is 27.9 Å². The fourth-order valence-electron chi connectivity index (χ4n) is 2.62. The van der Waals surface area contributed by atoms with Gasteiger partial charge in [-0.25, -0.2) is 4.79 Å². The quantitative estimate of drug-likeness (QED) is 0.670. The molecule has 10 heteroatoms. The summed E-state index contributed by atoms with van der Waals surface area (Å²) in [5, 5.41) is 5.14. The molecular formula is C16H18BrN4O5+. The molecule has 138 valence electrons. The van der Waals surface area contributed by atoms with E-state index >= 15 is 0 Å². The van der Waals surface area contributed by atoms with Crippen molar-refractivity contribution in [1.82, 2.24) is 10.2 Å². The number of hydrogen-bond donors (Lipinski definition) is 2. The molecule has 0 spiro atoms. The molecule has 0 radical (unpaired) electrons. The SMILES string of the molecule is C[n+]1[nH]oc(=O)c1CN1CCOC(CC(=O)Nc2ccc(Br)cc2)C1=O. The summed E-state index contributed by atoms with van der Waals surface area (Å²) in [5.74, 6) is -0.651. The predicted molar refractivity (Wildman–Crippen MR) is 93.1 cm³/mol. The number of morpholine rings is 1. The van der Waals surface area contributed by atoms with Crippen LogP contribution in [0.3, 0.4) is 0 Å². The van der Waals surface area contributed by atoms with Gasteiger partial charge in [-0.05, 0) is 29.5 Å². The zero-order valence-electron chi connectivity index (χ0n) is 14.0. The van der Waals surface area contributed by atoms with Gasteiger partial charge >= 0.3 is 11.3 Å². The van der Waals surface area contributed by atoms with Crippen molar-refractivity contribution in [1.29, 1.82) is 0 Å². The van der Waals surface area contributed by atoms with Gasteiger partial charge in [-0.3, -0.25) is 14.1 Å². The number of amides is 2. The molecule has 0 saturated carbocycles. The lowest BCUT2D eigenvalue weighted by Crippen LogP contribution is -2.50. The summed E-state index contributed by atoms with van der Waals surface area (Å²) in [7, 11) is 1.62. The molecule has 26 heavy (non-hydrogen) atoms. The number of H-pyrrole nitrogens is 1. The van der Waals surface area contributed by atoms with Crippen LogP contribution in [0.4, 0.5) is 5.69 Å². The highest BCUT2D eigenvalue weighted by atomic mass is 79.9. The van der Waals surface area contributed by atoms with Crippen LogP contribution >= 0.6 is 15.9 Å². The van der Waals surface area contributed by atoms with Crippen LogP contribution in [-0.4, -0.2) is 41.2 Å². The number of rotatable bonds is 5. The molecule has 2 N–H and O–H groups in total. The normalized spacial score (nSPS) is 17.4. The number of carbonyl (C=O) groups is 2. The van der Waals surface area contributed by atoms with Crippen LogP contribution in [0.15, 0.2) is 38.1 Å². The average molecular weight is 426 g/mol. The first-order valence-electron chi connectivity index (χ1n) is 7.96. The summed E-state index contributed by atoms with van der Waals surface area (Å²) in [4.78, 5) is 37.9. The Morgan fingerprint density at radius 1 is 1.38 bits per heavy atom. The van der Waals surface area contributed by atoms with Gasteiger partial charge in [-0.2, -0.15) is 0 Å². The van der Waals surface area contributed by atoms with Crippen molar-refractivity contribution in [2.45, 2.75) is 19.1 Å². The van der Waals surface area contributed by atoms with Crippen molar-refractivity contribution in [3.8, 4) is 0 Å². The summed E-state index contributed by atoms with van der Waals surface area (Å²) in [6, 6.07) is 7.12. The van der Waals surface area contributed by atoms with Crippen molar-refractivity contribution >= 4 is 33.4 Å². The number of hydrogen-bond acceptors (Lipinski definition) is 5. The highest BCUT2D eigenvalue weighted by molar-refractivity contribution is 9.10. The Morgan fingerprint density at radius 2 is 2.12 bits per heavy atom. The van der Waals surface area contributed by atoms with Gasteiger partial charge in [0.2, 0.25) is 5.91 Å². The first kappa shape index (κ1) is 18.3. The molecule has 1 aliphatic heterocycles. The lowest BCUT2D eigenvalue weighted by atomic mass is 10.1. The Labute approximate surface area is 157 Å². The van der Waals surface area contributed by atoms with E-state index in [1.54, 1.807) is 19.2 Å². The van der Waals surface area contributed by atoms with Gasteiger partial charge in [0.05, 0.1) is 13.0 Å². The molecule has 1 saturated heterocycles. The van der Waals surface area contributed by atoms with Gasteiger partial charge in [0.15, 0.2) is 7.05 Å². The highest BCUT2D eigenvalue weighted by Crippen LogP contribution is 2.16. The predicted octanol–water partition coefficient (Wildman–Crippen LogP) is 0.311. The third-order valence-electron chi connectivity index (χ3n) is 4.02. The van der Waals surface area contributed by atoms with Crippen LogP contribution in [0.5, 0.6) is 0 Å². The maximum absolute atomic E-state index is 12.6. The highest BCUT2D eigenvalue weighted by Gasteiger charge is 2.34. The van der Waals surface area contributed by atoms with E-state index in [4.69, 9.17) is 4.74 Å². The molecular weight excluding hydrogens is 408 g/mol. The number of carbonyl (C=O) groups excluding carboxylic acids is 2. The molecule has 0 aliphatic carbocycles. The maximum Gasteiger partial charge on any atom is 0.431 e. The van der Waals surface area contributed by atoms with E-state index in [9.17, 15) is 14.4 Å². The van der Waals surface area contributed by atoms with E-state index in [2.05, 4.69) is 31.0 Å². The maximum atomic E-state index is 12.6. The number of aromatic nitrogens is 2. The minimum atomic E-state index is -0.879. The fourth-order valence-corrected chi connectivity index (χ4v) is 2.88. The average Bonchev–Trinajstić information content (AvgIpc) is 2.92. The number of halogens is 1. The largest absolute Gasteiger partial charge is 0.431 e. The summed E-state index contributed by atoms with van der Waals surface area (Å²) in [6.07, 6.45) is -0.977. The van der Waals surface area contributed by atoms with Gasteiger partial charge in [0.1, 0.15) is 12.6 Å². The second kappa shape index (κ2) is 7.83. The van der Waals surface area contributed by atoms with E-state index in [1.165, 1.54) is 9.58 Å². The zero-order chi connectivity index (χ0) is 18.7. The molecule has 1 aromatic carbocycles.